The summed E-state index contributed by atoms with van der Waals surface area (Å²) in [6.07, 6.45) is 9.92. The van der Waals surface area contributed by atoms with E-state index in [1.807, 2.05) is 0 Å². The molecule has 0 saturated heterocycles. The third kappa shape index (κ3) is 6.67. The lowest BCUT2D eigenvalue weighted by Gasteiger charge is -2.25. The topological polar surface area (TPSA) is 16.1 Å². The van der Waals surface area contributed by atoms with Crippen LogP contribution in [0.1, 0.15) is 94.2 Å². The normalized spacial score (nSPS) is 11.4. The van der Waals surface area contributed by atoms with Crippen LogP contribution in [0.4, 0.5) is 0 Å². The minimum absolute atomic E-state index is 1.04. The zero-order chi connectivity index (χ0) is 21.9. The highest BCUT2D eigenvalue weighted by Gasteiger charge is 2.16. The Kier molecular flexibility index (Phi) is 10.6. The van der Waals surface area contributed by atoms with Gasteiger partial charge in [-0.1, -0.05) is 71.6 Å². The van der Waals surface area contributed by atoms with E-state index < -0.39 is 0 Å². The third-order valence-electron chi connectivity index (χ3n) is 6.35. The fourth-order valence-electron chi connectivity index (χ4n) is 4.46. The quantitative estimate of drug-likeness (QED) is 0.316. The van der Waals surface area contributed by atoms with Gasteiger partial charge in [-0.2, -0.15) is 0 Å². The van der Waals surface area contributed by atoms with Crippen LogP contribution in [-0.2, 0) is 19.4 Å². The van der Waals surface area contributed by atoms with Crippen molar-refractivity contribution in [2.75, 3.05) is 13.1 Å². The van der Waals surface area contributed by atoms with Gasteiger partial charge in [0.15, 0.2) is 0 Å². The Labute approximate surface area is 186 Å². The monoisotopic (exact) mass is 408 g/mol. The molecule has 2 nitrogen and oxygen atoms in total. The van der Waals surface area contributed by atoms with Gasteiger partial charge in [0.25, 0.3) is 0 Å². The number of nitrogens with zero attached hydrogens (tertiary/aromatic N) is 2. The molecule has 1 aromatic carbocycles. The average Bonchev–Trinajstić information content (AvgIpc) is 2.75. The van der Waals surface area contributed by atoms with Crippen LogP contribution in [0.3, 0.4) is 0 Å². The van der Waals surface area contributed by atoms with E-state index in [1.165, 1.54) is 85.1 Å². The largest absolute Gasteiger partial charge is 0.299 e. The van der Waals surface area contributed by atoms with Gasteiger partial charge in [-0.25, -0.2) is 0 Å². The molecule has 0 aliphatic rings. The van der Waals surface area contributed by atoms with Gasteiger partial charge in [0.05, 0.1) is 5.69 Å². The number of unbranched alkanes of at least 4 members (excludes halogenated alkanes) is 4. The summed E-state index contributed by atoms with van der Waals surface area (Å²) < 4.78 is 0. The number of rotatable bonds is 13. The summed E-state index contributed by atoms with van der Waals surface area (Å²) in [6, 6.07) is 9.06. The first kappa shape index (κ1) is 24.6. The van der Waals surface area contributed by atoms with Crippen molar-refractivity contribution in [1.82, 2.24) is 9.88 Å². The Morgan fingerprint density at radius 2 is 1.37 bits per heavy atom. The standard InChI is InChI=1S/C28H44N2/c1-7-11-13-18-30(19-14-12-8-2)21-26-22(5)20-27(29-23(26)6)28-24(9-3)16-15-17-25(28)10-4/h15-17,20H,7-14,18-19,21H2,1-6H3. The predicted molar refractivity (Wildman–Crippen MR) is 132 cm³/mol. The van der Waals surface area contributed by atoms with Crippen molar-refractivity contribution >= 4 is 0 Å². The molecule has 0 aliphatic carbocycles. The Morgan fingerprint density at radius 3 is 1.83 bits per heavy atom. The van der Waals surface area contributed by atoms with Crippen LogP contribution in [-0.4, -0.2) is 23.0 Å². The second-order valence-electron chi connectivity index (χ2n) is 8.74. The number of hydrogen-bond acceptors (Lipinski definition) is 2. The number of aromatic nitrogens is 1. The second kappa shape index (κ2) is 12.9. The lowest BCUT2D eigenvalue weighted by Crippen LogP contribution is -2.26. The number of aryl methyl sites for hydroxylation is 4. The van der Waals surface area contributed by atoms with Crippen molar-refractivity contribution < 1.29 is 0 Å². The fourth-order valence-corrected chi connectivity index (χ4v) is 4.46. The molecule has 0 fully saturated rings. The molecule has 0 aliphatic heterocycles. The maximum Gasteiger partial charge on any atom is 0.0713 e. The first-order valence-electron chi connectivity index (χ1n) is 12.4. The van der Waals surface area contributed by atoms with Crippen LogP contribution in [0.2, 0.25) is 0 Å². The van der Waals surface area contributed by atoms with E-state index in [4.69, 9.17) is 4.98 Å². The van der Waals surface area contributed by atoms with Gasteiger partial charge in [-0.05, 0) is 80.9 Å². The molecule has 0 amide bonds. The van der Waals surface area contributed by atoms with Gasteiger partial charge < -0.3 is 0 Å². The fraction of sp³-hybridized carbons (Fsp3) is 0.607. The minimum atomic E-state index is 1.04. The van der Waals surface area contributed by atoms with E-state index in [-0.39, 0.29) is 0 Å². The van der Waals surface area contributed by atoms with Gasteiger partial charge in [-0.15, -0.1) is 0 Å². The molecule has 0 spiro atoms. The summed E-state index contributed by atoms with van der Waals surface area (Å²) >= 11 is 0. The summed E-state index contributed by atoms with van der Waals surface area (Å²) in [7, 11) is 0. The van der Waals surface area contributed by atoms with E-state index >= 15 is 0 Å². The average molecular weight is 409 g/mol. The summed E-state index contributed by atoms with van der Waals surface area (Å²) in [4.78, 5) is 7.81. The van der Waals surface area contributed by atoms with Gasteiger partial charge >= 0.3 is 0 Å². The zero-order valence-corrected chi connectivity index (χ0v) is 20.5. The van der Waals surface area contributed by atoms with Crippen LogP contribution in [0.25, 0.3) is 11.3 Å². The van der Waals surface area contributed by atoms with Crippen LogP contribution >= 0.6 is 0 Å². The van der Waals surface area contributed by atoms with Crippen molar-refractivity contribution in [1.29, 1.82) is 0 Å². The first-order chi connectivity index (χ1) is 14.5. The molecule has 166 valence electrons. The summed E-state index contributed by atoms with van der Waals surface area (Å²) in [5.41, 5.74) is 9.37. The minimum Gasteiger partial charge on any atom is -0.299 e. The Hall–Kier alpha value is -1.67. The number of hydrogen-bond donors (Lipinski definition) is 0. The molecule has 2 heteroatoms. The van der Waals surface area contributed by atoms with Crippen molar-refractivity contribution in [2.45, 2.75) is 99.5 Å². The van der Waals surface area contributed by atoms with Gasteiger partial charge in [0.1, 0.15) is 0 Å². The predicted octanol–water partition coefficient (Wildman–Crippen LogP) is 7.67. The Balaban J connectivity index is 2.31. The molecular weight excluding hydrogens is 364 g/mol. The van der Waals surface area contributed by atoms with Crippen LogP contribution in [0.15, 0.2) is 24.3 Å². The molecule has 2 aromatic rings. The van der Waals surface area contributed by atoms with Crippen LogP contribution in [0.5, 0.6) is 0 Å². The maximum absolute atomic E-state index is 5.14. The van der Waals surface area contributed by atoms with Gasteiger partial charge in [-0.3, -0.25) is 9.88 Å². The van der Waals surface area contributed by atoms with Gasteiger partial charge in [0.2, 0.25) is 0 Å². The molecule has 0 unspecified atom stereocenters. The summed E-state index contributed by atoms with van der Waals surface area (Å²) in [5.74, 6) is 0. The molecule has 0 radical (unpaired) electrons. The van der Waals surface area contributed by atoms with E-state index in [1.54, 1.807) is 0 Å². The zero-order valence-electron chi connectivity index (χ0n) is 20.5. The van der Waals surface area contributed by atoms with Crippen LogP contribution < -0.4 is 0 Å². The highest BCUT2D eigenvalue weighted by Crippen LogP contribution is 2.30. The molecule has 0 saturated carbocycles. The molecule has 1 aromatic heterocycles. The molecule has 2 rings (SSSR count). The van der Waals surface area contributed by atoms with Crippen molar-refractivity contribution in [3.63, 3.8) is 0 Å². The highest BCUT2D eigenvalue weighted by atomic mass is 15.1. The number of benzene rings is 1. The van der Waals surface area contributed by atoms with Gasteiger partial charge in [0, 0.05) is 17.8 Å². The second-order valence-corrected chi connectivity index (χ2v) is 8.74. The van der Waals surface area contributed by atoms with Crippen molar-refractivity contribution in [3.05, 3.63) is 52.2 Å². The van der Waals surface area contributed by atoms with Crippen molar-refractivity contribution in [2.24, 2.45) is 0 Å². The molecule has 30 heavy (non-hydrogen) atoms. The molecule has 0 N–H and O–H groups in total. The highest BCUT2D eigenvalue weighted by molar-refractivity contribution is 5.69. The third-order valence-corrected chi connectivity index (χ3v) is 6.35. The molecule has 0 atom stereocenters. The molecular formula is C28H44N2. The van der Waals surface area contributed by atoms with Crippen molar-refractivity contribution in [3.8, 4) is 11.3 Å². The lowest BCUT2D eigenvalue weighted by atomic mass is 9.93. The Morgan fingerprint density at radius 1 is 0.800 bits per heavy atom. The SMILES string of the molecule is CCCCCN(CCCCC)Cc1c(C)cc(-c2c(CC)cccc2CC)nc1C. The van der Waals surface area contributed by atoms with E-state index in [2.05, 4.69) is 70.7 Å². The van der Waals surface area contributed by atoms with E-state index in [9.17, 15) is 0 Å². The van der Waals surface area contributed by atoms with E-state index in [0.29, 0.717) is 0 Å². The maximum atomic E-state index is 5.14. The Bertz CT molecular complexity index is 723. The van der Waals surface area contributed by atoms with E-state index in [0.717, 1.165) is 25.1 Å². The van der Waals surface area contributed by atoms with Crippen LogP contribution in [0, 0.1) is 13.8 Å². The number of pyridine rings is 1. The smallest absolute Gasteiger partial charge is 0.0713 e. The first-order valence-corrected chi connectivity index (χ1v) is 12.4. The summed E-state index contributed by atoms with van der Waals surface area (Å²) in [5, 5.41) is 0. The lowest BCUT2D eigenvalue weighted by molar-refractivity contribution is 0.252. The molecule has 0 bridgehead atoms. The molecule has 1 heterocycles. The summed E-state index contributed by atoms with van der Waals surface area (Å²) in [6.45, 7) is 17.0.